The van der Waals surface area contributed by atoms with Gasteiger partial charge in [0.25, 0.3) is 0 Å². The molecule has 2 rings (SSSR count). The second-order valence-electron chi connectivity index (χ2n) is 5.45. The van der Waals surface area contributed by atoms with Crippen molar-refractivity contribution < 1.29 is 9.53 Å². The van der Waals surface area contributed by atoms with E-state index in [1.807, 2.05) is 48.5 Å². The van der Waals surface area contributed by atoms with E-state index in [1.54, 1.807) is 0 Å². The molecule has 1 atom stereocenters. The van der Waals surface area contributed by atoms with Gasteiger partial charge in [-0.25, -0.2) is 0 Å². The smallest absolute Gasteiger partial charge is 0.310 e. The normalized spacial score (nSPS) is 12.8. The number of methoxy groups -OCH3 is 1. The monoisotopic (exact) mass is 284 g/mol. The molecule has 0 amide bonds. The zero-order chi connectivity index (χ0) is 14.6. The molecule has 0 aliphatic rings. The Morgan fingerprint density at radius 1 is 0.950 bits per heavy atom. The Hall–Kier alpha value is -1.87. The molecule has 1 unspecified atom stereocenters. The minimum absolute atomic E-state index is 0.142. The fourth-order valence-electron chi connectivity index (χ4n) is 2.65. The molecule has 20 heavy (non-hydrogen) atoms. The molecule has 0 aromatic heterocycles. The zero-order valence-corrected chi connectivity index (χ0v) is 13.2. The predicted molar refractivity (Wildman–Crippen MR) is 84.8 cm³/mol. The van der Waals surface area contributed by atoms with Gasteiger partial charge in [0.2, 0.25) is 0 Å². The third-order valence-electron chi connectivity index (χ3n) is 3.81. The third kappa shape index (κ3) is 2.83. The quantitative estimate of drug-likeness (QED) is 0.637. The molecule has 0 saturated heterocycles. The van der Waals surface area contributed by atoms with Crippen LogP contribution in [-0.4, -0.2) is 21.2 Å². The average Bonchev–Trinajstić information content (AvgIpc) is 2.49. The molecule has 0 fully saturated rings. The summed E-state index contributed by atoms with van der Waals surface area (Å²) >= 11 is 0. The van der Waals surface area contributed by atoms with Crippen LogP contribution in [0.25, 0.3) is 0 Å². The van der Waals surface area contributed by atoms with Gasteiger partial charge in [0.05, 0.1) is 12.7 Å². The standard InChI is InChI=1S/C17H20O2Si/c1-19-17(18)16(14-10-6-4-7-11-14)20(2,3)15-12-8-5-9-13-15/h4-13,16H,1-3H3. The largest absolute Gasteiger partial charge is 0.469 e. The van der Waals surface area contributed by atoms with Gasteiger partial charge in [-0.05, 0) is 5.56 Å². The lowest BCUT2D eigenvalue weighted by Crippen LogP contribution is -2.50. The van der Waals surface area contributed by atoms with Gasteiger partial charge < -0.3 is 4.74 Å². The highest BCUT2D eigenvalue weighted by Gasteiger charge is 2.40. The minimum atomic E-state index is -2.01. The second-order valence-corrected chi connectivity index (χ2v) is 10.1. The fraction of sp³-hybridized carbons (Fsp3) is 0.235. The van der Waals surface area contributed by atoms with Crippen molar-refractivity contribution in [2.75, 3.05) is 7.11 Å². The Morgan fingerprint density at radius 3 is 1.95 bits per heavy atom. The first-order valence-electron chi connectivity index (χ1n) is 6.75. The van der Waals surface area contributed by atoms with E-state index in [4.69, 9.17) is 4.74 Å². The maximum Gasteiger partial charge on any atom is 0.310 e. The SMILES string of the molecule is COC(=O)C(c1ccccc1)[Si](C)(C)c1ccccc1. The van der Waals surface area contributed by atoms with Crippen LogP contribution in [0.4, 0.5) is 0 Å². The molecule has 0 N–H and O–H groups in total. The van der Waals surface area contributed by atoms with Crippen LogP contribution in [0, 0.1) is 0 Å². The Balaban J connectivity index is 2.49. The number of ether oxygens (including phenoxy) is 1. The van der Waals surface area contributed by atoms with Crippen molar-refractivity contribution in [1.82, 2.24) is 0 Å². The number of carbonyl (C=O) groups is 1. The van der Waals surface area contributed by atoms with Crippen LogP contribution in [0.5, 0.6) is 0 Å². The molecular formula is C17H20O2Si. The fourth-order valence-corrected chi connectivity index (χ4v) is 5.76. The van der Waals surface area contributed by atoms with E-state index in [0.717, 1.165) is 5.56 Å². The third-order valence-corrected chi connectivity index (χ3v) is 7.64. The summed E-state index contributed by atoms with van der Waals surface area (Å²) in [6.07, 6.45) is 0. The van der Waals surface area contributed by atoms with Crippen LogP contribution in [0.3, 0.4) is 0 Å². The Morgan fingerprint density at radius 2 is 1.45 bits per heavy atom. The van der Waals surface area contributed by atoms with E-state index >= 15 is 0 Å². The molecule has 2 aromatic rings. The van der Waals surface area contributed by atoms with Crippen LogP contribution in [0.2, 0.25) is 13.1 Å². The van der Waals surface area contributed by atoms with Crippen molar-refractivity contribution in [3.63, 3.8) is 0 Å². The van der Waals surface area contributed by atoms with Crippen molar-refractivity contribution in [3.05, 3.63) is 66.2 Å². The van der Waals surface area contributed by atoms with Crippen molar-refractivity contribution in [2.45, 2.75) is 18.6 Å². The molecule has 104 valence electrons. The van der Waals surface area contributed by atoms with Crippen LogP contribution in [0.1, 0.15) is 11.1 Å². The van der Waals surface area contributed by atoms with Crippen LogP contribution < -0.4 is 5.19 Å². The maximum atomic E-state index is 12.3. The van der Waals surface area contributed by atoms with Gasteiger partial charge in [-0.15, -0.1) is 0 Å². The maximum absolute atomic E-state index is 12.3. The first-order chi connectivity index (χ1) is 9.57. The van der Waals surface area contributed by atoms with E-state index in [9.17, 15) is 4.79 Å². The van der Waals surface area contributed by atoms with Crippen LogP contribution >= 0.6 is 0 Å². The molecule has 2 nitrogen and oxygen atoms in total. The van der Waals surface area contributed by atoms with Crippen LogP contribution in [-0.2, 0) is 9.53 Å². The molecule has 0 aliphatic carbocycles. The average molecular weight is 284 g/mol. The second kappa shape index (κ2) is 6.05. The summed E-state index contributed by atoms with van der Waals surface area (Å²) in [5, 5.41) is 1.26. The molecule has 0 bridgehead atoms. The summed E-state index contributed by atoms with van der Waals surface area (Å²) in [4.78, 5) is 12.3. The minimum Gasteiger partial charge on any atom is -0.469 e. The molecular weight excluding hydrogens is 264 g/mol. The molecule has 0 radical (unpaired) electrons. The first kappa shape index (κ1) is 14.5. The van der Waals surface area contributed by atoms with Gasteiger partial charge in [-0.1, -0.05) is 78.9 Å². The van der Waals surface area contributed by atoms with Crippen molar-refractivity contribution >= 4 is 19.2 Å². The van der Waals surface area contributed by atoms with Crippen molar-refractivity contribution in [1.29, 1.82) is 0 Å². The summed E-state index contributed by atoms with van der Waals surface area (Å²) in [6.45, 7) is 4.44. The number of carbonyl (C=O) groups excluding carboxylic acids is 1. The highest BCUT2D eigenvalue weighted by Crippen LogP contribution is 2.28. The number of hydrogen-bond donors (Lipinski definition) is 0. The highest BCUT2D eigenvalue weighted by atomic mass is 28.3. The Labute approximate surface area is 121 Å². The molecule has 0 saturated carbocycles. The van der Waals surface area contributed by atoms with Crippen molar-refractivity contribution in [3.8, 4) is 0 Å². The lowest BCUT2D eigenvalue weighted by molar-refractivity contribution is -0.140. The first-order valence-corrected chi connectivity index (χ1v) is 9.83. The number of benzene rings is 2. The molecule has 0 heterocycles. The van der Waals surface area contributed by atoms with Gasteiger partial charge in [-0.3, -0.25) is 4.79 Å². The topological polar surface area (TPSA) is 26.3 Å². The lowest BCUT2D eigenvalue weighted by atomic mass is 10.1. The molecule has 2 aromatic carbocycles. The van der Waals surface area contributed by atoms with E-state index < -0.39 is 8.07 Å². The van der Waals surface area contributed by atoms with Gasteiger partial charge in [0.15, 0.2) is 0 Å². The van der Waals surface area contributed by atoms with E-state index in [1.165, 1.54) is 12.3 Å². The van der Waals surface area contributed by atoms with Crippen LogP contribution in [0.15, 0.2) is 60.7 Å². The summed E-state index contributed by atoms with van der Waals surface area (Å²) in [5.41, 5.74) is 0.857. The molecule has 3 heteroatoms. The zero-order valence-electron chi connectivity index (χ0n) is 12.2. The molecule has 0 spiro atoms. The van der Waals surface area contributed by atoms with Gasteiger partial charge in [0.1, 0.15) is 8.07 Å². The number of hydrogen-bond acceptors (Lipinski definition) is 2. The summed E-state index contributed by atoms with van der Waals surface area (Å²) in [5.74, 6) is -0.142. The Kier molecular flexibility index (Phi) is 4.40. The molecule has 0 aliphatic heterocycles. The van der Waals surface area contributed by atoms with Gasteiger partial charge >= 0.3 is 5.97 Å². The van der Waals surface area contributed by atoms with E-state index in [-0.39, 0.29) is 11.5 Å². The van der Waals surface area contributed by atoms with E-state index in [0.29, 0.717) is 0 Å². The van der Waals surface area contributed by atoms with Gasteiger partial charge in [0, 0.05) is 0 Å². The summed E-state index contributed by atoms with van der Waals surface area (Å²) in [6, 6.07) is 20.2. The van der Waals surface area contributed by atoms with Crippen molar-refractivity contribution in [2.24, 2.45) is 0 Å². The summed E-state index contributed by atoms with van der Waals surface area (Å²) in [7, 11) is -0.542. The Bertz CT molecular complexity index is 564. The van der Waals surface area contributed by atoms with E-state index in [2.05, 4.69) is 25.2 Å². The highest BCUT2D eigenvalue weighted by molar-refractivity contribution is 6.93. The van der Waals surface area contributed by atoms with Gasteiger partial charge in [-0.2, -0.15) is 0 Å². The lowest BCUT2D eigenvalue weighted by Gasteiger charge is -2.31. The number of rotatable bonds is 4. The predicted octanol–water partition coefficient (Wildman–Crippen LogP) is 3.10. The summed E-state index contributed by atoms with van der Waals surface area (Å²) < 4.78 is 5.07. The number of esters is 1.